The van der Waals surface area contributed by atoms with Crippen molar-refractivity contribution in [2.45, 2.75) is 6.92 Å². The van der Waals surface area contributed by atoms with Gasteiger partial charge in [-0.05, 0) is 14.0 Å². The molecule has 2 aliphatic heterocycles. The first-order valence-corrected chi connectivity index (χ1v) is 6.41. The van der Waals surface area contributed by atoms with Crippen LogP contribution in [0.3, 0.4) is 0 Å². The summed E-state index contributed by atoms with van der Waals surface area (Å²) in [7, 11) is 1.78. The molecule has 1 radical (unpaired) electrons. The molecule has 0 aromatic carbocycles. The number of imide groups is 4. The van der Waals surface area contributed by atoms with Crippen molar-refractivity contribution in [1.29, 1.82) is 0 Å². The van der Waals surface area contributed by atoms with Crippen LogP contribution in [0.15, 0.2) is 0 Å². The van der Waals surface area contributed by atoms with Gasteiger partial charge in [0.15, 0.2) is 0 Å². The zero-order chi connectivity index (χ0) is 19.4. The standard InChI is InChI=1S/C9H5BN3O6.C3H3NO2.W/c1-2-12-5(16)9(6(12)17)7(18)13(8(9)19)10-11(3-14)4-15;1-4(2-5)3-6;/h2H2,1H3;1H3;/q2*-2;. The third-order valence-electron chi connectivity index (χ3n) is 3.23. The Balaban J connectivity index is 0.000000777. The number of amides is 8. The summed E-state index contributed by atoms with van der Waals surface area (Å²) in [5.41, 5.74) is -2.32. The van der Waals surface area contributed by atoms with Gasteiger partial charge in [0.1, 0.15) is 0 Å². The second kappa shape index (κ2) is 9.13. The average Bonchev–Trinajstić information content (AvgIpc) is 2.63. The maximum atomic E-state index is 11.7. The number of hydrogen-bond donors (Lipinski definition) is 0. The number of carbonyl (C=O) groups excluding carboxylic acids is 8. The Bertz CT molecular complexity index is 622. The van der Waals surface area contributed by atoms with Crippen molar-refractivity contribution in [1.82, 2.24) is 19.4 Å². The van der Waals surface area contributed by atoms with E-state index in [1.54, 1.807) is 0 Å². The number of likely N-dealkylation sites (tertiary alicyclic amines) is 1. The maximum Gasteiger partial charge on any atom is 0.340 e. The SMILES string of the molecule is CCN1C(=O)C2(C(=O)N([B]N([C-]=O)[C-]=O)C2=O)C1=O.CN([C-]=O)[C-]=O.[W]. The van der Waals surface area contributed by atoms with Crippen LogP contribution >= 0.6 is 0 Å². The smallest absolute Gasteiger partial charge is 0.340 e. The molecule has 14 heteroatoms. The summed E-state index contributed by atoms with van der Waals surface area (Å²) in [4.78, 5) is 87.6. The van der Waals surface area contributed by atoms with Crippen LogP contribution in [0.25, 0.3) is 0 Å². The zero-order valence-electron chi connectivity index (χ0n) is 13.2. The quantitative estimate of drug-likeness (QED) is 0.106. The van der Waals surface area contributed by atoms with Crippen LogP contribution in [0, 0.1) is 5.41 Å². The third-order valence-corrected chi connectivity index (χ3v) is 3.23. The average molecular weight is 531 g/mol. The molecule has 2 saturated heterocycles. The third kappa shape index (κ3) is 3.34. The minimum Gasteiger partial charge on any atom is -0.668 e. The van der Waals surface area contributed by atoms with E-state index in [4.69, 9.17) is 0 Å². The second-order valence-corrected chi connectivity index (χ2v) is 4.49. The maximum absolute atomic E-state index is 11.7. The fourth-order valence-corrected chi connectivity index (χ4v) is 1.99. The molecule has 8 amide bonds. The largest absolute Gasteiger partial charge is 0.668 e. The summed E-state index contributed by atoms with van der Waals surface area (Å²) in [6.07, 6.45) is 4.70. The van der Waals surface area contributed by atoms with E-state index in [1.807, 2.05) is 0 Å². The van der Waals surface area contributed by atoms with E-state index in [0.717, 1.165) is 17.7 Å². The van der Waals surface area contributed by atoms with Gasteiger partial charge < -0.3 is 33.7 Å². The van der Waals surface area contributed by atoms with E-state index < -0.39 is 29.0 Å². The van der Waals surface area contributed by atoms with Crippen LogP contribution < -0.4 is 0 Å². The molecule has 137 valence electrons. The summed E-state index contributed by atoms with van der Waals surface area (Å²) >= 11 is 0. The summed E-state index contributed by atoms with van der Waals surface area (Å²) < 4.78 is 0. The van der Waals surface area contributed by atoms with Crippen molar-refractivity contribution in [3.05, 3.63) is 0 Å². The minimum absolute atomic E-state index is 0. The first kappa shape index (κ1) is 23.3. The molecule has 2 aliphatic rings. The predicted molar refractivity (Wildman–Crippen MR) is 74.8 cm³/mol. The van der Waals surface area contributed by atoms with Gasteiger partial charge in [0.2, 0.25) is 0 Å². The van der Waals surface area contributed by atoms with E-state index in [-0.39, 0.29) is 32.4 Å². The van der Waals surface area contributed by atoms with Gasteiger partial charge in [-0.1, -0.05) is 0 Å². The predicted octanol–water partition coefficient (Wildman–Crippen LogP) is -4.25. The summed E-state index contributed by atoms with van der Waals surface area (Å²) in [5, 5.41) is 0. The molecular formula is C12H8BN4O8W-4. The van der Waals surface area contributed by atoms with Crippen LogP contribution in [-0.4, -0.2) is 89.8 Å². The Kier molecular flexibility index (Phi) is 8.19. The van der Waals surface area contributed by atoms with Crippen LogP contribution in [0.5, 0.6) is 0 Å². The number of carbonyl (C=O) groups is 4. The van der Waals surface area contributed by atoms with Gasteiger partial charge in [-0.15, -0.1) is 0 Å². The van der Waals surface area contributed by atoms with Gasteiger partial charge in [0.05, 0.1) is 0 Å². The topological polar surface area (TPSA) is 150 Å². The molecule has 0 saturated carbocycles. The molecule has 26 heavy (non-hydrogen) atoms. The van der Waals surface area contributed by atoms with E-state index in [1.165, 1.54) is 26.8 Å². The number of β-lactam (4-membered cyclic amide) rings is 4. The summed E-state index contributed by atoms with van der Waals surface area (Å²) in [5.74, 6) is -3.96. The molecular weight excluding hydrogens is 523 g/mol. The van der Waals surface area contributed by atoms with Crippen molar-refractivity contribution in [3.8, 4) is 0 Å². The van der Waals surface area contributed by atoms with Gasteiger partial charge in [-0.3, -0.25) is 24.1 Å². The van der Waals surface area contributed by atoms with Crippen molar-refractivity contribution in [3.63, 3.8) is 0 Å². The van der Waals surface area contributed by atoms with Crippen LogP contribution in [0.2, 0.25) is 0 Å². The van der Waals surface area contributed by atoms with Crippen LogP contribution in [-0.2, 0) is 59.4 Å². The molecule has 2 rings (SSSR count). The molecule has 0 N–H and O–H groups in total. The fraction of sp³-hybridized carbons (Fsp3) is 0.333. The monoisotopic (exact) mass is 531 g/mol. The van der Waals surface area contributed by atoms with Crippen molar-refractivity contribution in [2.24, 2.45) is 5.41 Å². The van der Waals surface area contributed by atoms with Crippen LogP contribution in [0.1, 0.15) is 6.92 Å². The molecule has 0 aromatic rings. The van der Waals surface area contributed by atoms with E-state index in [2.05, 4.69) is 0 Å². The Labute approximate surface area is 161 Å². The second-order valence-electron chi connectivity index (χ2n) is 4.49. The fourth-order valence-electron chi connectivity index (χ4n) is 1.99. The van der Waals surface area contributed by atoms with Crippen LogP contribution in [0.4, 0.5) is 0 Å². The molecule has 0 aliphatic carbocycles. The first-order valence-electron chi connectivity index (χ1n) is 6.41. The molecule has 0 bridgehead atoms. The van der Waals surface area contributed by atoms with Gasteiger partial charge in [0.25, 0.3) is 29.0 Å². The molecule has 2 fully saturated rings. The molecule has 12 nitrogen and oxygen atoms in total. The summed E-state index contributed by atoms with van der Waals surface area (Å²) in [6.45, 7) is 1.57. The Morgan fingerprint density at radius 1 is 0.885 bits per heavy atom. The molecule has 0 atom stereocenters. The zero-order valence-corrected chi connectivity index (χ0v) is 16.2. The van der Waals surface area contributed by atoms with Gasteiger partial charge in [0, 0.05) is 27.6 Å². The van der Waals surface area contributed by atoms with E-state index in [0.29, 0.717) is 17.3 Å². The van der Waals surface area contributed by atoms with Crippen molar-refractivity contribution in [2.75, 3.05) is 13.6 Å². The van der Waals surface area contributed by atoms with Gasteiger partial charge in [-0.25, -0.2) is 12.8 Å². The summed E-state index contributed by atoms with van der Waals surface area (Å²) in [6, 6.07) is 0. The van der Waals surface area contributed by atoms with E-state index in [9.17, 15) is 38.4 Å². The van der Waals surface area contributed by atoms with Gasteiger partial charge >= 0.3 is 7.55 Å². The van der Waals surface area contributed by atoms with Crippen molar-refractivity contribution >= 4 is 56.8 Å². The number of nitrogens with zero attached hydrogens (tertiary/aromatic N) is 4. The normalized spacial score (nSPS) is 16.2. The minimum atomic E-state index is -2.32. The molecule has 2 heterocycles. The first-order chi connectivity index (χ1) is 11.8. The number of hydrogen-bond acceptors (Lipinski definition) is 8. The van der Waals surface area contributed by atoms with E-state index >= 15 is 0 Å². The molecule has 0 unspecified atom stereocenters. The Hall–Kier alpha value is -2.69. The van der Waals surface area contributed by atoms with Crippen molar-refractivity contribution < 1.29 is 59.4 Å². The Morgan fingerprint density at radius 2 is 1.31 bits per heavy atom. The Morgan fingerprint density at radius 3 is 1.58 bits per heavy atom. The molecule has 1 spiro atoms. The molecule has 0 aromatic heterocycles. The number of rotatable bonds is 7. The van der Waals surface area contributed by atoms with Gasteiger partial charge in [-0.2, -0.15) is 12.8 Å².